The van der Waals surface area contributed by atoms with Gasteiger partial charge in [-0.25, -0.2) is 4.79 Å². The van der Waals surface area contributed by atoms with Crippen molar-refractivity contribution in [3.8, 4) is 0 Å². The van der Waals surface area contributed by atoms with Crippen LogP contribution < -0.4 is 5.32 Å². The smallest absolute Gasteiger partial charge is 0.332 e. The van der Waals surface area contributed by atoms with Crippen molar-refractivity contribution in [1.29, 1.82) is 0 Å². The van der Waals surface area contributed by atoms with Gasteiger partial charge in [0.15, 0.2) is 0 Å². The first-order valence-corrected chi connectivity index (χ1v) is 4.86. The Labute approximate surface area is 84.9 Å². The number of rotatable bonds is 3. The molecule has 1 heterocycles. The van der Waals surface area contributed by atoms with E-state index in [1.807, 2.05) is 12.2 Å². The van der Waals surface area contributed by atoms with E-state index in [-0.39, 0.29) is 4.91 Å². The maximum absolute atomic E-state index is 11.0. The van der Waals surface area contributed by atoms with Gasteiger partial charge in [-0.05, 0) is 18.2 Å². The standard InChI is InChI=1S/C8H9NO4S/c1-2-3-13-6(10)4-5-7(11)9-8(12)14-5/h4H,2-3H2,1H3,(H,9,11,12)/b5-4-. The van der Waals surface area contributed by atoms with Crippen LogP contribution in [0.25, 0.3) is 0 Å². The van der Waals surface area contributed by atoms with Gasteiger partial charge in [-0.3, -0.25) is 14.9 Å². The van der Waals surface area contributed by atoms with E-state index >= 15 is 0 Å². The first-order chi connectivity index (χ1) is 6.63. The van der Waals surface area contributed by atoms with Crippen molar-refractivity contribution in [2.75, 3.05) is 6.61 Å². The number of carbonyl (C=O) groups is 3. The average molecular weight is 215 g/mol. The molecule has 0 unspecified atom stereocenters. The molecule has 0 spiro atoms. The summed E-state index contributed by atoms with van der Waals surface area (Å²) in [6.45, 7) is 2.17. The van der Waals surface area contributed by atoms with Crippen LogP contribution in [0.15, 0.2) is 11.0 Å². The molecule has 1 saturated heterocycles. The predicted molar refractivity (Wildman–Crippen MR) is 50.5 cm³/mol. The van der Waals surface area contributed by atoms with E-state index in [2.05, 4.69) is 0 Å². The molecule has 1 rings (SSSR count). The van der Waals surface area contributed by atoms with Gasteiger partial charge in [0.1, 0.15) is 0 Å². The average Bonchev–Trinajstić information content (AvgIpc) is 2.42. The molecule has 0 aromatic heterocycles. The molecule has 0 radical (unpaired) electrons. The number of thioether (sulfide) groups is 1. The van der Waals surface area contributed by atoms with Crippen LogP contribution in [0.1, 0.15) is 13.3 Å². The molecule has 0 atom stereocenters. The Morgan fingerprint density at radius 2 is 2.29 bits per heavy atom. The van der Waals surface area contributed by atoms with E-state index < -0.39 is 17.1 Å². The number of hydrogen-bond acceptors (Lipinski definition) is 5. The van der Waals surface area contributed by atoms with E-state index in [1.54, 1.807) is 0 Å². The van der Waals surface area contributed by atoms with Crippen LogP contribution in [0.4, 0.5) is 4.79 Å². The summed E-state index contributed by atoms with van der Waals surface area (Å²) in [5.74, 6) is -1.15. The highest BCUT2D eigenvalue weighted by Gasteiger charge is 2.26. The van der Waals surface area contributed by atoms with Crippen molar-refractivity contribution >= 4 is 28.9 Å². The van der Waals surface area contributed by atoms with Crippen molar-refractivity contribution in [1.82, 2.24) is 5.32 Å². The van der Waals surface area contributed by atoms with Crippen LogP contribution >= 0.6 is 11.8 Å². The third-order valence-electron chi connectivity index (χ3n) is 1.34. The zero-order valence-corrected chi connectivity index (χ0v) is 8.35. The van der Waals surface area contributed by atoms with E-state index in [0.29, 0.717) is 24.8 Å². The third-order valence-corrected chi connectivity index (χ3v) is 2.15. The Kier molecular flexibility index (Phi) is 3.70. The summed E-state index contributed by atoms with van der Waals surface area (Å²) in [6, 6.07) is 0. The molecule has 1 N–H and O–H groups in total. The topological polar surface area (TPSA) is 72.5 Å². The Balaban J connectivity index is 2.55. The van der Waals surface area contributed by atoms with Crippen molar-refractivity contribution < 1.29 is 19.1 Å². The maximum atomic E-state index is 11.0. The summed E-state index contributed by atoms with van der Waals surface area (Å²) in [7, 11) is 0. The molecule has 76 valence electrons. The first kappa shape index (κ1) is 10.8. The highest BCUT2D eigenvalue weighted by Crippen LogP contribution is 2.22. The van der Waals surface area contributed by atoms with Gasteiger partial charge < -0.3 is 4.74 Å². The minimum absolute atomic E-state index is 0.0797. The minimum atomic E-state index is -0.598. The van der Waals surface area contributed by atoms with Crippen LogP contribution in [0.2, 0.25) is 0 Å². The Morgan fingerprint density at radius 3 is 2.79 bits per heavy atom. The second kappa shape index (κ2) is 4.80. The van der Waals surface area contributed by atoms with Gasteiger partial charge >= 0.3 is 5.97 Å². The predicted octanol–water partition coefficient (Wildman–Crippen LogP) is 0.806. The fourth-order valence-electron chi connectivity index (χ4n) is 0.772. The number of hydrogen-bond donors (Lipinski definition) is 1. The summed E-state index contributed by atoms with van der Waals surface area (Å²) < 4.78 is 4.72. The fourth-order valence-corrected chi connectivity index (χ4v) is 1.41. The molecular formula is C8H9NO4S. The zero-order chi connectivity index (χ0) is 10.6. The van der Waals surface area contributed by atoms with Crippen LogP contribution in [0, 0.1) is 0 Å². The normalized spacial score (nSPS) is 18.5. The maximum Gasteiger partial charge on any atom is 0.332 e. The molecule has 0 saturated carbocycles. The second-order valence-electron chi connectivity index (χ2n) is 2.52. The lowest BCUT2D eigenvalue weighted by atomic mass is 10.4. The van der Waals surface area contributed by atoms with Gasteiger partial charge in [0.2, 0.25) is 0 Å². The molecule has 1 fully saturated rings. The molecule has 2 amide bonds. The summed E-state index contributed by atoms with van der Waals surface area (Å²) in [6.07, 6.45) is 1.74. The highest BCUT2D eigenvalue weighted by molar-refractivity contribution is 8.18. The summed E-state index contributed by atoms with van der Waals surface area (Å²) in [5, 5.41) is 1.57. The van der Waals surface area contributed by atoms with Crippen molar-refractivity contribution in [2.45, 2.75) is 13.3 Å². The van der Waals surface area contributed by atoms with Crippen molar-refractivity contribution in [2.24, 2.45) is 0 Å². The van der Waals surface area contributed by atoms with Crippen LogP contribution in [-0.2, 0) is 14.3 Å². The van der Waals surface area contributed by atoms with Gasteiger partial charge in [-0.1, -0.05) is 6.92 Å². The van der Waals surface area contributed by atoms with E-state index in [9.17, 15) is 14.4 Å². The lowest BCUT2D eigenvalue weighted by molar-refractivity contribution is -0.138. The minimum Gasteiger partial charge on any atom is -0.463 e. The molecule has 1 aliphatic heterocycles. The quantitative estimate of drug-likeness (QED) is 0.557. The van der Waals surface area contributed by atoms with E-state index in [1.165, 1.54) is 0 Å². The van der Waals surface area contributed by atoms with Gasteiger partial charge in [0.05, 0.1) is 11.5 Å². The summed E-state index contributed by atoms with van der Waals surface area (Å²) in [4.78, 5) is 32.7. The molecule has 14 heavy (non-hydrogen) atoms. The molecule has 0 aromatic carbocycles. The van der Waals surface area contributed by atoms with Gasteiger partial charge in [0, 0.05) is 6.08 Å². The Hall–Kier alpha value is -1.30. The van der Waals surface area contributed by atoms with Crippen molar-refractivity contribution in [3.05, 3.63) is 11.0 Å². The van der Waals surface area contributed by atoms with Crippen LogP contribution in [0.3, 0.4) is 0 Å². The molecule has 6 heteroatoms. The van der Waals surface area contributed by atoms with Gasteiger partial charge in [-0.15, -0.1) is 0 Å². The van der Waals surface area contributed by atoms with E-state index in [4.69, 9.17) is 4.74 Å². The van der Waals surface area contributed by atoms with Crippen LogP contribution in [-0.4, -0.2) is 23.7 Å². The molecular weight excluding hydrogens is 206 g/mol. The number of ether oxygens (including phenoxy) is 1. The Morgan fingerprint density at radius 1 is 1.57 bits per heavy atom. The lowest BCUT2D eigenvalue weighted by Crippen LogP contribution is -2.18. The molecule has 0 aliphatic carbocycles. The Bertz CT molecular complexity index is 310. The molecule has 5 nitrogen and oxygen atoms in total. The van der Waals surface area contributed by atoms with E-state index in [0.717, 1.165) is 6.08 Å². The summed E-state index contributed by atoms with van der Waals surface area (Å²) >= 11 is 0.696. The number of esters is 1. The largest absolute Gasteiger partial charge is 0.463 e. The molecule has 1 aliphatic rings. The zero-order valence-electron chi connectivity index (χ0n) is 7.53. The number of nitrogens with one attached hydrogen (secondary N) is 1. The SMILES string of the molecule is CCCOC(=O)/C=C1\SC(=O)NC1=O. The number of amides is 2. The molecule has 0 bridgehead atoms. The lowest BCUT2D eigenvalue weighted by Gasteiger charge is -1.97. The highest BCUT2D eigenvalue weighted by atomic mass is 32.2. The van der Waals surface area contributed by atoms with Crippen molar-refractivity contribution in [3.63, 3.8) is 0 Å². The summed E-state index contributed by atoms with van der Waals surface area (Å²) in [5.41, 5.74) is 0. The first-order valence-electron chi connectivity index (χ1n) is 4.05. The fraction of sp³-hybridized carbons (Fsp3) is 0.375. The van der Waals surface area contributed by atoms with Crippen LogP contribution in [0.5, 0.6) is 0 Å². The number of imide groups is 1. The second-order valence-corrected chi connectivity index (χ2v) is 3.53. The number of carbonyl (C=O) groups excluding carboxylic acids is 3. The third kappa shape index (κ3) is 2.88. The monoisotopic (exact) mass is 215 g/mol. The molecule has 0 aromatic rings. The van der Waals surface area contributed by atoms with Gasteiger partial charge in [-0.2, -0.15) is 0 Å². The van der Waals surface area contributed by atoms with Gasteiger partial charge in [0.25, 0.3) is 11.1 Å².